The number of ether oxygens (including phenoxy) is 2. The summed E-state index contributed by atoms with van der Waals surface area (Å²) in [6.07, 6.45) is -0.259. The molecule has 1 aliphatic heterocycles. The Morgan fingerprint density at radius 2 is 1.53 bits per heavy atom. The van der Waals surface area contributed by atoms with Crippen molar-refractivity contribution in [2.75, 3.05) is 32.8 Å². The number of benzene rings is 2. The van der Waals surface area contributed by atoms with Crippen molar-refractivity contribution in [1.29, 1.82) is 0 Å². The molecule has 0 aliphatic carbocycles. The van der Waals surface area contributed by atoms with Crippen LogP contribution in [0.5, 0.6) is 11.5 Å². The molecule has 1 fully saturated rings. The van der Waals surface area contributed by atoms with Gasteiger partial charge in [0, 0.05) is 39.5 Å². The molecule has 13 heteroatoms. The summed E-state index contributed by atoms with van der Waals surface area (Å²) in [6, 6.07) is 11.3. The Labute approximate surface area is 264 Å². The van der Waals surface area contributed by atoms with Crippen molar-refractivity contribution in [1.82, 2.24) is 20.4 Å². The molecule has 1 heterocycles. The van der Waals surface area contributed by atoms with E-state index < -0.39 is 36.0 Å². The number of halogens is 1. The molecule has 2 aromatic carbocycles. The van der Waals surface area contributed by atoms with Crippen molar-refractivity contribution in [2.24, 2.45) is 5.92 Å². The van der Waals surface area contributed by atoms with Gasteiger partial charge in [-0.1, -0.05) is 38.1 Å². The fourth-order valence-electron chi connectivity index (χ4n) is 4.41. The van der Waals surface area contributed by atoms with Crippen molar-refractivity contribution in [3.63, 3.8) is 0 Å². The first-order valence-electron chi connectivity index (χ1n) is 13.9. The lowest BCUT2D eigenvalue weighted by atomic mass is 10.0. The van der Waals surface area contributed by atoms with Crippen LogP contribution in [0.3, 0.4) is 0 Å². The number of carbonyl (C=O) groups excluding carboxylic acids is 4. The normalized spacial score (nSPS) is 14.4. The van der Waals surface area contributed by atoms with E-state index in [1.165, 1.54) is 11.8 Å². The number of hydrogen-bond acceptors (Lipinski definition) is 7. The van der Waals surface area contributed by atoms with Gasteiger partial charge in [-0.3, -0.25) is 14.4 Å². The summed E-state index contributed by atoms with van der Waals surface area (Å²) in [6.45, 7) is 6.59. The van der Waals surface area contributed by atoms with Crippen LogP contribution >= 0.6 is 22.6 Å². The lowest BCUT2D eigenvalue weighted by molar-refractivity contribution is -0.142. The van der Waals surface area contributed by atoms with Gasteiger partial charge < -0.3 is 35.0 Å². The number of carboxylic acids is 1. The first-order valence-corrected chi connectivity index (χ1v) is 15.0. The monoisotopic (exact) mass is 708 g/mol. The molecule has 0 spiro atoms. The lowest BCUT2D eigenvalue weighted by Gasteiger charge is -2.33. The van der Waals surface area contributed by atoms with Crippen LogP contribution in [0.25, 0.3) is 0 Å². The average molecular weight is 709 g/mol. The Morgan fingerprint density at radius 1 is 0.907 bits per heavy atom. The number of carbonyl (C=O) groups is 5. The zero-order valence-electron chi connectivity index (χ0n) is 24.4. The second-order valence-corrected chi connectivity index (χ2v) is 11.7. The zero-order valence-corrected chi connectivity index (χ0v) is 26.5. The van der Waals surface area contributed by atoms with Gasteiger partial charge in [0.25, 0.3) is 5.91 Å². The fraction of sp³-hybridized carbons (Fsp3) is 0.433. The van der Waals surface area contributed by atoms with Gasteiger partial charge in [-0.25, -0.2) is 9.59 Å². The van der Waals surface area contributed by atoms with Crippen molar-refractivity contribution < 1.29 is 38.6 Å². The standard InChI is InChI=1S/C30H37IN4O8/c1-19(2)16-24(32-27(37)18-42-26-7-5-4-6-23(26)31)28(38)33-25(29(39)40)17-21-8-10-22(11-9-21)43-30(41)35-14-12-34(13-15-35)20(3)36/h4-11,19,24-25H,12-18H2,1-3H3,(H,32,37)(H,33,38)(H,39,40)/t24-,25-/m0/s1. The number of nitrogens with one attached hydrogen (secondary N) is 2. The van der Waals surface area contributed by atoms with Gasteiger partial charge >= 0.3 is 12.1 Å². The van der Waals surface area contributed by atoms with E-state index in [4.69, 9.17) is 9.47 Å². The number of carboxylic acid groups (broad SMARTS) is 1. The van der Waals surface area contributed by atoms with E-state index in [9.17, 15) is 29.1 Å². The second kappa shape index (κ2) is 16.1. The summed E-state index contributed by atoms with van der Waals surface area (Å²) in [7, 11) is 0. The van der Waals surface area contributed by atoms with Crippen molar-refractivity contribution in [3.8, 4) is 11.5 Å². The van der Waals surface area contributed by atoms with Crippen LogP contribution < -0.4 is 20.1 Å². The van der Waals surface area contributed by atoms with Crippen LogP contribution in [-0.2, 0) is 25.6 Å². The summed E-state index contributed by atoms with van der Waals surface area (Å²) in [5.74, 6) is -1.51. The predicted molar refractivity (Wildman–Crippen MR) is 166 cm³/mol. The fourth-order valence-corrected chi connectivity index (χ4v) is 4.96. The van der Waals surface area contributed by atoms with Gasteiger partial charge in [-0.2, -0.15) is 0 Å². The van der Waals surface area contributed by atoms with Crippen molar-refractivity contribution in [2.45, 2.75) is 45.7 Å². The molecular formula is C30H37IN4O8. The van der Waals surface area contributed by atoms with E-state index in [1.54, 1.807) is 41.3 Å². The van der Waals surface area contributed by atoms with E-state index in [0.29, 0.717) is 43.9 Å². The molecule has 0 bridgehead atoms. The molecule has 1 aliphatic rings. The van der Waals surface area contributed by atoms with Crippen LogP contribution in [0.1, 0.15) is 32.8 Å². The first kappa shape index (κ1) is 33.6. The van der Waals surface area contributed by atoms with E-state index in [-0.39, 0.29) is 30.6 Å². The van der Waals surface area contributed by atoms with E-state index >= 15 is 0 Å². The van der Waals surface area contributed by atoms with Gasteiger partial charge in [0.15, 0.2) is 6.61 Å². The minimum atomic E-state index is -1.26. The Balaban J connectivity index is 1.55. The van der Waals surface area contributed by atoms with Crippen molar-refractivity contribution >= 4 is 52.4 Å². The Hall–Kier alpha value is -3.88. The average Bonchev–Trinajstić information content (AvgIpc) is 2.96. The topological polar surface area (TPSA) is 155 Å². The van der Waals surface area contributed by atoms with E-state index in [2.05, 4.69) is 33.2 Å². The van der Waals surface area contributed by atoms with Crippen LogP contribution in [0.15, 0.2) is 48.5 Å². The Bertz CT molecular complexity index is 1300. The van der Waals surface area contributed by atoms with Gasteiger partial charge in [-0.05, 0) is 64.8 Å². The largest absolute Gasteiger partial charge is 0.483 e. The maximum absolute atomic E-state index is 13.1. The SMILES string of the molecule is CC(=O)N1CCN(C(=O)Oc2ccc(C[C@H](NC(=O)[C@H](CC(C)C)NC(=O)COc3ccccc3I)C(=O)O)cc2)CC1. The minimum absolute atomic E-state index is 0.0276. The quantitative estimate of drug-likeness (QED) is 0.285. The smallest absolute Gasteiger partial charge is 0.415 e. The summed E-state index contributed by atoms with van der Waals surface area (Å²) < 4.78 is 11.8. The number of nitrogens with zero attached hydrogens (tertiary/aromatic N) is 2. The van der Waals surface area contributed by atoms with E-state index in [1.807, 2.05) is 26.0 Å². The zero-order chi connectivity index (χ0) is 31.5. The van der Waals surface area contributed by atoms with Crippen molar-refractivity contribution in [3.05, 3.63) is 57.7 Å². The van der Waals surface area contributed by atoms with Crippen LogP contribution in [0.2, 0.25) is 0 Å². The molecule has 1 saturated heterocycles. The molecule has 232 valence electrons. The van der Waals surface area contributed by atoms with Gasteiger partial charge in [0.2, 0.25) is 11.8 Å². The highest BCUT2D eigenvalue weighted by Gasteiger charge is 2.28. The third kappa shape index (κ3) is 10.7. The molecule has 2 aromatic rings. The predicted octanol–water partition coefficient (Wildman–Crippen LogP) is 2.68. The number of piperazine rings is 1. The van der Waals surface area contributed by atoms with E-state index in [0.717, 1.165) is 3.57 Å². The molecule has 12 nitrogen and oxygen atoms in total. The molecule has 0 aromatic heterocycles. The van der Waals surface area contributed by atoms with Gasteiger partial charge in [-0.15, -0.1) is 0 Å². The third-order valence-electron chi connectivity index (χ3n) is 6.72. The highest BCUT2D eigenvalue weighted by Crippen LogP contribution is 2.19. The number of hydrogen-bond donors (Lipinski definition) is 3. The molecule has 2 atom stereocenters. The van der Waals surface area contributed by atoms with Crippen LogP contribution in [0.4, 0.5) is 4.79 Å². The van der Waals surface area contributed by atoms with Crippen LogP contribution in [0, 0.1) is 9.49 Å². The van der Waals surface area contributed by atoms with Gasteiger partial charge in [0.05, 0.1) is 3.57 Å². The third-order valence-corrected chi connectivity index (χ3v) is 7.61. The van der Waals surface area contributed by atoms with Gasteiger partial charge in [0.1, 0.15) is 23.6 Å². The Morgan fingerprint density at radius 3 is 2.12 bits per heavy atom. The summed E-state index contributed by atoms with van der Waals surface area (Å²) in [5.41, 5.74) is 0.595. The minimum Gasteiger partial charge on any atom is -0.483 e. The maximum atomic E-state index is 13.1. The van der Waals surface area contributed by atoms with Crippen LogP contribution in [-0.4, -0.2) is 89.6 Å². The molecule has 0 unspecified atom stereocenters. The number of para-hydroxylation sites is 1. The maximum Gasteiger partial charge on any atom is 0.415 e. The highest BCUT2D eigenvalue weighted by molar-refractivity contribution is 14.1. The molecule has 3 N–H and O–H groups in total. The number of amides is 4. The number of rotatable bonds is 12. The summed E-state index contributed by atoms with van der Waals surface area (Å²) in [5, 5.41) is 15.0. The molecule has 0 saturated carbocycles. The lowest BCUT2D eigenvalue weighted by Crippen LogP contribution is -2.53. The summed E-state index contributed by atoms with van der Waals surface area (Å²) in [4.78, 5) is 64.9. The highest BCUT2D eigenvalue weighted by atomic mass is 127. The molecule has 0 radical (unpaired) electrons. The molecule has 4 amide bonds. The molecule has 3 rings (SSSR count). The second-order valence-electron chi connectivity index (χ2n) is 10.6. The summed E-state index contributed by atoms with van der Waals surface area (Å²) >= 11 is 2.09. The molecule has 43 heavy (non-hydrogen) atoms. The first-order chi connectivity index (χ1) is 20.4. The number of aliphatic carboxylic acids is 1. The Kier molecular flexibility index (Phi) is 12.6. The molecular weight excluding hydrogens is 671 g/mol.